The quantitative estimate of drug-likeness (QED) is 0.710. The Balaban J connectivity index is 2.12. The van der Waals surface area contributed by atoms with Crippen LogP contribution in [0.1, 0.15) is 35.5 Å². The first-order valence-corrected chi connectivity index (χ1v) is 8.38. The van der Waals surface area contributed by atoms with Crippen LogP contribution in [-0.4, -0.2) is 34.4 Å². The van der Waals surface area contributed by atoms with Gasteiger partial charge in [0.2, 0.25) is 0 Å². The Labute approximate surface area is 155 Å². The molecule has 8 heteroatoms. The van der Waals surface area contributed by atoms with E-state index in [4.69, 9.17) is 32.7 Å². The van der Waals surface area contributed by atoms with Crippen molar-refractivity contribution in [3.8, 4) is 0 Å². The maximum Gasteiger partial charge on any atom is 0.344 e. The molecule has 0 bridgehead atoms. The van der Waals surface area contributed by atoms with Gasteiger partial charge < -0.3 is 9.47 Å². The fraction of sp³-hybridized carbons (Fsp3) is 0.353. The summed E-state index contributed by atoms with van der Waals surface area (Å²) in [4.78, 5) is 23.7. The van der Waals surface area contributed by atoms with Gasteiger partial charge in [-0.25, -0.2) is 14.3 Å². The van der Waals surface area contributed by atoms with E-state index in [1.165, 1.54) is 4.68 Å². The van der Waals surface area contributed by atoms with Gasteiger partial charge in [-0.3, -0.25) is 0 Å². The van der Waals surface area contributed by atoms with Gasteiger partial charge in [0.1, 0.15) is 10.7 Å². The van der Waals surface area contributed by atoms with Gasteiger partial charge in [0.25, 0.3) is 0 Å². The summed E-state index contributed by atoms with van der Waals surface area (Å²) >= 11 is 12.4. The molecule has 0 aliphatic rings. The lowest BCUT2D eigenvalue weighted by Gasteiger charge is -2.08. The number of ether oxygens (including phenoxy) is 2. The van der Waals surface area contributed by atoms with E-state index in [1.807, 2.05) is 18.2 Å². The molecule has 1 aromatic carbocycles. The predicted molar refractivity (Wildman–Crippen MR) is 94.0 cm³/mol. The van der Waals surface area contributed by atoms with Gasteiger partial charge in [-0.1, -0.05) is 41.4 Å². The fourth-order valence-electron chi connectivity index (χ4n) is 2.17. The number of hydrogen-bond donors (Lipinski definition) is 0. The van der Waals surface area contributed by atoms with E-state index < -0.39 is 18.5 Å². The summed E-state index contributed by atoms with van der Waals surface area (Å²) in [6.07, 6.45) is -0.283. The lowest BCUT2D eigenvalue weighted by Crippen LogP contribution is -2.20. The third kappa shape index (κ3) is 4.96. The Morgan fingerprint density at radius 2 is 1.92 bits per heavy atom. The Kier molecular flexibility index (Phi) is 6.45. The van der Waals surface area contributed by atoms with Gasteiger partial charge >= 0.3 is 11.9 Å². The third-order valence-corrected chi connectivity index (χ3v) is 3.99. The maximum atomic E-state index is 12.2. The van der Waals surface area contributed by atoms with E-state index in [1.54, 1.807) is 26.8 Å². The summed E-state index contributed by atoms with van der Waals surface area (Å²) in [5, 5.41) is 4.95. The van der Waals surface area contributed by atoms with Gasteiger partial charge in [-0.2, -0.15) is 5.10 Å². The number of aryl methyl sites for hydroxylation is 1. The van der Waals surface area contributed by atoms with Crippen molar-refractivity contribution in [1.82, 2.24) is 9.78 Å². The van der Waals surface area contributed by atoms with Gasteiger partial charge in [-0.05, 0) is 32.4 Å². The van der Waals surface area contributed by atoms with Crippen LogP contribution in [0.5, 0.6) is 0 Å². The third-order valence-electron chi connectivity index (χ3n) is 3.24. The summed E-state index contributed by atoms with van der Waals surface area (Å²) < 4.78 is 11.3. The van der Waals surface area contributed by atoms with Crippen LogP contribution >= 0.6 is 23.2 Å². The molecule has 0 aliphatic carbocycles. The molecule has 0 fully saturated rings. The SMILES string of the molecule is Cc1nn(Cc2ccccc2Cl)c(Cl)c1C(=O)OCC(=O)OC(C)C. The van der Waals surface area contributed by atoms with Crippen molar-refractivity contribution >= 4 is 35.1 Å². The minimum absolute atomic E-state index is 0.117. The number of esters is 2. The van der Waals surface area contributed by atoms with Crippen molar-refractivity contribution in [2.24, 2.45) is 0 Å². The summed E-state index contributed by atoms with van der Waals surface area (Å²) in [6, 6.07) is 7.27. The Morgan fingerprint density at radius 1 is 1.24 bits per heavy atom. The summed E-state index contributed by atoms with van der Waals surface area (Å²) in [6.45, 7) is 4.88. The Hall–Kier alpha value is -2.05. The molecule has 2 aromatic rings. The molecule has 0 saturated heterocycles. The van der Waals surface area contributed by atoms with Crippen LogP contribution in [0.25, 0.3) is 0 Å². The van der Waals surface area contributed by atoms with E-state index >= 15 is 0 Å². The molecular formula is C17H18Cl2N2O4. The number of aromatic nitrogens is 2. The standard InChI is InChI=1S/C17H18Cl2N2O4/c1-10(2)25-14(22)9-24-17(23)15-11(3)20-21(16(15)19)8-12-6-4-5-7-13(12)18/h4-7,10H,8-9H2,1-3H3. The average Bonchev–Trinajstić information content (AvgIpc) is 2.81. The van der Waals surface area contributed by atoms with E-state index in [-0.39, 0.29) is 16.8 Å². The first-order valence-electron chi connectivity index (χ1n) is 7.62. The molecule has 0 spiro atoms. The van der Waals surface area contributed by atoms with Crippen molar-refractivity contribution in [2.45, 2.75) is 33.4 Å². The zero-order valence-electron chi connectivity index (χ0n) is 14.1. The lowest BCUT2D eigenvalue weighted by atomic mass is 10.2. The topological polar surface area (TPSA) is 70.4 Å². The monoisotopic (exact) mass is 384 g/mol. The first kappa shape index (κ1) is 19.3. The second-order valence-corrected chi connectivity index (χ2v) is 6.38. The summed E-state index contributed by atoms with van der Waals surface area (Å²) in [7, 11) is 0. The molecule has 2 rings (SSSR count). The van der Waals surface area contributed by atoms with Crippen LogP contribution < -0.4 is 0 Å². The molecule has 0 unspecified atom stereocenters. The highest BCUT2D eigenvalue weighted by Gasteiger charge is 2.23. The molecule has 0 aliphatic heterocycles. The second-order valence-electron chi connectivity index (χ2n) is 5.62. The van der Waals surface area contributed by atoms with Gasteiger partial charge in [-0.15, -0.1) is 0 Å². The predicted octanol–water partition coefficient (Wildman–Crippen LogP) is 3.66. The van der Waals surface area contributed by atoms with E-state index in [0.29, 0.717) is 17.3 Å². The Morgan fingerprint density at radius 3 is 2.56 bits per heavy atom. The molecular weight excluding hydrogens is 367 g/mol. The van der Waals surface area contributed by atoms with Crippen LogP contribution in [0.4, 0.5) is 0 Å². The molecule has 0 saturated carbocycles. The molecule has 6 nitrogen and oxygen atoms in total. The second kappa shape index (κ2) is 8.36. The molecule has 0 N–H and O–H groups in total. The van der Waals surface area contributed by atoms with Crippen molar-refractivity contribution in [1.29, 1.82) is 0 Å². The first-order chi connectivity index (χ1) is 11.8. The zero-order valence-corrected chi connectivity index (χ0v) is 15.6. The van der Waals surface area contributed by atoms with Crippen LogP contribution in [0.2, 0.25) is 10.2 Å². The van der Waals surface area contributed by atoms with Crippen LogP contribution in [0, 0.1) is 6.92 Å². The van der Waals surface area contributed by atoms with Crippen LogP contribution in [-0.2, 0) is 20.8 Å². The highest BCUT2D eigenvalue weighted by atomic mass is 35.5. The smallest absolute Gasteiger partial charge is 0.344 e. The largest absolute Gasteiger partial charge is 0.460 e. The van der Waals surface area contributed by atoms with Crippen LogP contribution in [0.3, 0.4) is 0 Å². The number of hydrogen-bond acceptors (Lipinski definition) is 5. The van der Waals surface area contributed by atoms with Crippen molar-refractivity contribution < 1.29 is 19.1 Å². The number of carbonyl (C=O) groups excluding carboxylic acids is 2. The highest BCUT2D eigenvalue weighted by molar-refractivity contribution is 6.33. The number of halogens is 2. The summed E-state index contributed by atoms with van der Waals surface area (Å²) in [5.74, 6) is -1.35. The van der Waals surface area contributed by atoms with E-state index in [9.17, 15) is 9.59 Å². The van der Waals surface area contributed by atoms with Gasteiger partial charge in [0.15, 0.2) is 6.61 Å². The Bertz CT molecular complexity index is 787. The van der Waals surface area contributed by atoms with Crippen LogP contribution in [0.15, 0.2) is 24.3 Å². The van der Waals surface area contributed by atoms with Gasteiger partial charge in [0.05, 0.1) is 18.3 Å². The lowest BCUT2D eigenvalue weighted by molar-refractivity contribution is -0.150. The number of benzene rings is 1. The average molecular weight is 385 g/mol. The fourth-order valence-corrected chi connectivity index (χ4v) is 2.68. The molecule has 1 heterocycles. The van der Waals surface area contributed by atoms with Crippen molar-refractivity contribution in [3.63, 3.8) is 0 Å². The number of rotatable bonds is 6. The normalized spacial score (nSPS) is 10.8. The zero-order chi connectivity index (χ0) is 18.6. The summed E-state index contributed by atoms with van der Waals surface area (Å²) in [5.41, 5.74) is 1.33. The molecule has 0 amide bonds. The van der Waals surface area contributed by atoms with E-state index in [2.05, 4.69) is 5.10 Å². The van der Waals surface area contributed by atoms with E-state index in [0.717, 1.165) is 5.56 Å². The number of nitrogens with zero attached hydrogens (tertiary/aromatic N) is 2. The molecule has 25 heavy (non-hydrogen) atoms. The maximum absolute atomic E-state index is 12.2. The highest BCUT2D eigenvalue weighted by Crippen LogP contribution is 2.24. The molecule has 0 radical (unpaired) electrons. The molecule has 1 aromatic heterocycles. The molecule has 0 atom stereocenters. The van der Waals surface area contributed by atoms with Crippen molar-refractivity contribution in [3.05, 3.63) is 51.3 Å². The van der Waals surface area contributed by atoms with Crippen molar-refractivity contribution in [2.75, 3.05) is 6.61 Å². The van der Waals surface area contributed by atoms with Gasteiger partial charge in [0, 0.05) is 5.02 Å². The minimum atomic E-state index is -0.728. The molecule has 134 valence electrons. The minimum Gasteiger partial charge on any atom is -0.460 e. The number of carbonyl (C=O) groups is 2.